The van der Waals surface area contributed by atoms with Crippen LogP contribution in [0.5, 0.6) is 0 Å². The fourth-order valence-corrected chi connectivity index (χ4v) is 1.61. The number of hydrogen-bond acceptors (Lipinski definition) is 2. The van der Waals surface area contributed by atoms with Crippen molar-refractivity contribution in [2.24, 2.45) is 5.73 Å². The lowest BCUT2D eigenvalue weighted by Crippen LogP contribution is -2.36. The van der Waals surface area contributed by atoms with E-state index in [-0.39, 0.29) is 6.04 Å². The number of hydrogen-bond donors (Lipinski definition) is 2. The van der Waals surface area contributed by atoms with E-state index in [1.165, 1.54) is 0 Å². The molecule has 0 bridgehead atoms. The van der Waals surface area contributed by atoms with Crippen molar-refractivity contribution in [1.29, 1.82) is 0 Å². The average Bonchev–Trinajstić information content (AvgIpc) is 2.16. The molecule has 0 aliphatic heterocycles. The summed E-state index contributed by atoms with van der Waals surface area (Å²) in [5.74, 6) is 0. The van der Waals surface area contributed by atoms with Gasteiger partial charge >= 0.3 is 6.03 Å². The first kappa shape index (κ1) is 12.7. The summed E-state index contributed by atoms with van der Waals surface area (Å²) in [6.45, 7) is 1.90. The molecule has 1 aromatic heterocycles. The molecule has 0 radical (unpaired) electrons. The predicted molar refractivity (Wildman–Crippen MR) is 67.8 cm³/mol. The van der Waals surface area contributed by atoms with Crippen LogP contribution in [-0.2, 0) is 0 Å². The van der Waals surface area contributed by atoms with Gasteiger partial charge in [-0.25, -0.2) is 4.79 Å². The number of carbonyl (C=O) groups is 1. The normalized spacial score (nSPS) is 12.6. The van der Waals surface area contributed by atoms with Crippen LogP contribution < -0.4 is 11.1 Å². The van der Waals surface area contributed by atoms with Crippen LogP contribution in [0, 0.1) is 0 Å². The number of carbonyl (C=O) groups excluding carboxylic acids is 1. The molecule has 16 heavy (non-hydrogen) atoms. The number of urea groups is 1. The second kappa shape index (κ2) is 6.27. The standard InChI is InChI=1S/C11H14BrN3O/c1-8(15-11(13)16)3-2-4-9-5-10(12)7-14-6-9/h2,4-8H,3H2,1H3,(H3,13,15,16)/b4-2+. The van der Waals surface area contributed by atoms with Gasteiger partial charge in [-0.05, 0) is 40.9 Å². The first-order chi connectivity index (χ1) is 7.58. The highest BCUT2D eigenvalue weighted by atomic mass is 79.9. The number of pyridine rings is 1. The van der Waals surface area contributed by atoms with Crippen molar-refractivity contribution >= 4 is 28.0 Å². The van der Waals surface area contributed by atoms with Crippen molar-refractivity contribution < 1.29 is 4.79 Å². The number of nitrogens with two attached hydrogens (primary N) is 1. The fraction of sp³-hybridized carbons (Fsp3) is 0.273. The predicted octanol–water partition coefficient (Wildman–Crippen LogP) is 2.30. The largest absolute Gasteiger partial charge is 0.352 e. The maximum atomic E-state index is 10.6. The van der Waals surface area contributed by atoms with Gasteiger partial charge < -0.3 is 11.1 Å². The molecule has 1 heterocycles. The van der Waals surface area contributed by atoms with Gasteiger partial charge in [-0.1, -0.05) is 12.2 Å². The fourth-order valence-electron chi connectivity index (χ4n) is 1.23. The van der Waals surface area contributed by atoms with Crippen LogP contribution in [0.15, 0.2) is 29.0 Å². The topological polar surface area (TPSA) is 68.0 Å². The van der Waals surface area contributed by atoms with Crippen LogP contribution in [0.1, 0.15) is 18.9 Å². The molecular formula is C11H14BrN3O. The Morgan fingerprint density at radius 2 is 2.44 bits per heavy atom. The molecule has 0 saturated carbocycles. The lowest BCUT2D eigenvalue weighted by molar-refractivity contribution is 0.246. The Balaban J connectivity index is 2.45. The minimum absolute atomic E-state index is 0.0360. The van der Waals surface area contributed by atoms with Gasteiger partial charge in [0.05, 0.1) is 0 Å². The highest BCUT2D eigenvalue weighted by Crippen LogP contribution is 2.11. The molecule has 1 unspecified atom stereocenters. The number of amides is 2. The molecule has 4 nitrogen and oxygen atoms in total. The minimum Gasteiger partial charge on any atom is -0.352 e. The molecule has 0 aliphatic carbocycles. The lowest BCUT2D eigenvalue weighted by Gasteiger charge is -2.08. The molecule has 86 valence electrons. The van der Waals surface area contributed by atoms with E-state index in [1.54, 1.807) is 12.4 Å². The van der Waals surface area contributed by atoms with Crippen molar-refractivity contribution in [2.45, 2.75) is 19.4 Å². The molecular weight excluding hydrogens is 270 g/mol. The number of nitrogens with one attached hydrogen (secondary N) is 1. The number of aromatic nitrogens is 1. The Hall–Kier alpha value is -1.36. The molecule has 1 rings (SSSR count). The molecule has 2 amide bonds. The van der Waals surface area contributed by atoms with Gasteiger partial charge in [0.15, 0.2) is 0 Å². The molecule has 5 heteroatoms. The van der Waals surface area contributed by atoms with E-state index in [1.807, 2.05) is 25.1 Å². The highest BCUT2D eigenvalue weighted by molar-refractivity contribution is 9.10. The monoisotopic (exact) mass is 283 g/mol. The average molecular weight is 284 g/mol. The van der Waals surface area contributed by atoms with Crippen molar-refractivity contribution in [3.8, 4) is 0 Å². The van der Waals surface area contributed by atoms with Crippen molar-refractivity contribution in [2.75, 3.05) is 0 Å². The van der Waals surface area contributed by atoms with Crippen LogP contribution in [0.3, 0.4) is 0 Å². The van der Waals surface area contributed by atoms with Gasteiger partial charge in [0.25, 0.3) is 0 Å². The summed E-state index contributed by atoms with van der Waals surface area (Å²) in [5, 5.41) is 2.60. The first-order valence-corrected chi connectivity index (χ1v) is 5.70. The Kier molecular flexibility index (Phi) is 4.98. The molecule has 1 atom stereocenters. The molecule has 0 fully saturated rings. The zero-order valence-corrected chi connectivity index (χ0v) is 10.6. The molecule has 3 N–H and O–H groups in total. The van der Waals surface area contributed by atoms with Gasteiger partial charge in [-0.15, -0.1) is 0 Å². The zero-order chi connectivity index (χ0) is 12.0. The molecule has 0 aromatic carbocycles. The van der Waals surface area contributed by atoms with Gasteiger partial charge in [-0.2, -0.15) is 0 Å². The van der Waals surface area contributed by atoms with E-state index in [4.69, 9.17) is 5.73 Å². The van der Waals surface area contributed by atoms with Gasteiger partial charge in [0, 0.05) is 22.9 Å². The Morgan fingerprint density at radius 3 is 3.06 bits per heavy atom. The van der Waals surface area contributed by atoms with Crippen LogP contribution >= 0.6 is 15.9 Å². The maximum Gasteiger partial charge on any atom is 0.312 e. The summed E-state index contributed by atoms with van der Waals surface area (Å²) in [4.78, 5) is 14.6. The summed E-state index contributed by atoms with van der Waals surface area (Å²) in [6.07, 6.45) is 8.17. The third-order valence-electron chi connectivity index (χ3n) is 1.91. The Morgan fingerprint density at radius 1 is 1.69 bits per heavy atom. The third kappa shape index (κ3) is 4.93. The summed E-state index contributed by atoms with van der Waals surface area (Å²) in [7, 11) is 0. The maximum absolute atomic E-state index is 10.6. The lowest BCUT2D eigenvalue weighted by atomic mass is 10.2. The van der Waals surface area contributed by atoms with E-state index >= 15 is 0 Å². The quantitative estimate of drug-likeness (QED) is 0.890. The van der Waals surface area contributed by atoms with Gasteiger partial charge in [-0.3, -0.25) is 4.98 Å². The Bertz CT molecular complexity index is 393. The van der Waals surface area contributed by atoms with Crippen LogP contribution in [0.2, 0.25) is 0 Å². The van der Waals surface area contributed by atoms with Crippen molar-refractivity contribution in [3.63, 3.8) is 0 Å². The summed E-state index contributed by atoms with van der Waals surface area (Å²) in [5.41, 5.74) is 6.02. The summed E-state index contributed by atoms with van der Waals surface area (Å²) in [6, 6.07) is 1.51. The number of halogens is 1. The van der Waals surface area contributed by atoms with Crippen LogP contribution in [0.25, 0.3) is 6.08 Å². The van der Waals surface area contributed by atoms with Crippen molar-refractivity contribution in [3.05, 3.63) is 34.6 Å². The SMILES string of the molecule is CC(C/C=C/c1cncc(Br)c1)NC(N)=O. The van der Waals surface area contributed by atoms with Crippen LogP contribution in [-0.4, -0.2) is 17.1 Å². The third-order valence-corrected chi connectivity index (χ3v) is 2.35. The van der Waals surface area contributed by atoms with Gasteiger partial charge in [0.1, 0.15) is 0 Å². The van der Waals surface area contributed by atoms with Crippen LogP contribution in [0.4, 0.5) is 4.79 Å². The van der Waals surface area contributed by atoms with E-state index in [2.05, 4.69) is 26.2 Å². The van der Waals surface area contributed by atoms with E-state index < -0.39 is 6.03 Å². The number of primary amides is 1. The number of nitrogens with zero attached hydrogens (tertiary/aromatic N) is 1. The second-order valence-electron chi connectivity index (χ2n) is 3.48. The zero-order valence-electron chi connectivity index (χ0n) is 8.98. The first-order valence-electron chi connectivity index (χ1n) is 4.91. The smallest absolute Gasteiger partial charge is 0.312 e. The van der Waals surface area contributed by atoms with E-state index in [9.17, 15) is 4.79 Å². The van der Waals surface area contributed by atoms with Crippen molar-refractivity contribution in [1.82, 2.24) is 10.3 Å². The Labute approximate surface area is 103 Å². The number of rotatable bonds is 4. The van der Waals surface area contributed by atoms with E-state index in [0.29, 0.717) is 0 Å². The molecule has 1 aromatic rings. The minimum atomic E-state index is -0.495. The molecule has 0 saturated heterocycles. The van der Waals surface area contributed by atoms with Gasteiger partial charge in [0.2, 0.25) is 0 Å². The van der Waals surface area contributed by atoms with E-state index in [0.717, 1.165) is 16.5 Å². The molecule has 0 aliphatic rings. The molecule has 0 spiro atoms. The highest BCUT2D eigenvalue weighted by Gasteiger charge is 2.00. The summed E-state index contributed by atoms with van der Waals surface area (Å²) < 4.78 is 0.943. The second-order valence-corrected chi connectivity index (χ2v) is 4.40. The summed E-state index contributed by atoms with van der Waals surface area (Å²) >= 11 is 3.35.